The number of hydrogen-bond donors (Lipinski definition) is 0. The third kappa shape index (κ3) is 2.68. The lowest BCUT2D eigenvalue weighted by atomic mass is 9.79. The van der Waals surface area contributed by atoms with Gasteiger partial charge >= 0.3 is 7.12 Å². The van der Waals surface area contributed by atoms with E-state index in [2.05, 4.69) is 20.9 Å². The van der Waals surface area contributed by atoms with Crippen molar-refractivity contribution in [3.8, 4) is 11.3 Å². The number of furan rings is 1. The van der Waals surface area contributed by atoms with E-state index in [1.54, 1.807) is 12.5 Å². The first-order valence-corrected chi connectivity index (χ1v) is 7.63. The molecule has 6 heteroatoms. The van der Waals surface area contributed by atoms with E-state index in [0.29, 0.717) is 0 Å². The predicted octanol–water partition coefficient (Wildman–Crippen LogP) is 3.40. The molecule has 0 N–H and O–H groups in total. The monoisotopic (exact) mass is 349 g/mol. The van der Waals surface area contributed by atoms with E-state index in [1.165, 1.54) is 0 Å². The lowest BCUT2D eigenvalue weighted by molar-refractivity contribution is 0.00578. The molecule has 21 heavy (non-hydrogen) atoms. The summed E-state index contributed by atoms with van der Waals surface area (Å²) in [4.78, 5) is 4.47. The summed E-state index contributed by atoms with van der Waals surface area (Å²) in [6.07, 6.45) is 3.30. The normalized spacial score (nSPS) is 20.0. The molecule has 1 aliphatic rings. The smallest absolute Gasteiger partial charge is 0.472 e. The number of aromatic nitrogens is 1. The minimum absolute atomic E-state index is 0.358. The number of hydrogen-bond acceptors (Lipinski definition) is 4. The van der Waals surface area contributed by atoms with Crippen molar-refractivity contribution in [2.75, 3.05) is 0 Å². The molecular formula is C15H17BBrNO3. The van der Waals surface area contributed by atoms with Crippen molar-refractivity contribution in [1.82, 2.24) is 4.98 Å². The Morgan fingerprint density at radius 3 is 2.33 bits per heavy atom. The van der Waals surface area contributed by atoms with Gasteiger partial charge in [-0.05, 0) is 67.3 Å². The molecular weight excluding hydrogens is 333 g/mol. The van der Waals surface area contributed by atoms with Crippen LogP contribution in [0, 0.1) is 0 Å². The van der Waals surface area contributed by atoms with Crippen molar-refractivity contribution in [3.05, 3.63) is 35.3 Å². The van der Waals surface area contributed by atoms with Crippen LogP contribution < -0.4 is 5.46 Å². The van der Waals surface area contributed by atoms with Gasteiger partial charge in [-0.15, -0.1) is 0 Å². The topological polar surface area (TPSA) is 44.5 Å². The number of pyridine rings is 1. The zero-order valence-corrected chi connectivity index (χ0v) is 14.1. The summed E-state index contributed by atoms with van der Waals surface area (Å²) in [6.45, 7) is 8.17. The Labute approximate surface area is 133 Å². The molecule has 0 aliphatic carbocycles. The summed E-state index contributed by atoms with van der Waals surface area (Å²) in [5.41, 5.74) is 1.97. The highest BCUT2D eigenvalue weighted by Crippen LogP contribution is 2.36. The van der Waals surface area contributed by atoms with Gasteiger partial charge in [-0.1, -0.05) is 0 Å². The van der Waals surface area contributed by atoms with Gasteiger partial charge in [0.2, 0.25) is 0 Å². The molecule has 0 aromatic carbocycles. The van der Waals surface area contributed by atoms with E-state index in [1.807, 2.05) is 45.9 Å². The minimum atomic E-state index is -0.403. The first kappa shape index (κ1) is 14.8. The van der Waals surface area contributed by atoms with Crippen LogP contribution >= 0.6 is 15.9 Å². The van der Waals surface area contributed by atoms with Gasteiger partial charge in [0.15, 0.2) is 0 Å². The third-order valence-corrected chi connectivity index (χ3v) is 4.57. The summed E-state index contributed by atoms with van der Waals surface area (Å²) in [5, 5.41) is 0. The maximum atomic E-state index is 6.08. The van der Waals surface area contributed by atoms with Crippen LogP contribution in [0.5, 0.6) is 0 Å². The molecule has 2 aromatic heterocycles. The van der Waals surface area contributed by atoms with Gasteiger partial charge in [-0.2, -0.15) is 0 Å². The highest BCUT2D eigenvalue weighted by atomic mass is 79.9. The highest BCUT2D eigenvalue weighted by molar-refractivity contribution is 9.10. The number of halogens is 1. The molecule has 0 bridgehead atoms. The molecule has 0 amide bonds. The van der Waals surface area contributed by atoms with Gasteiger partial charge in [-0.25, -0.2) is 4.98 Å². The van der Waals surface area contributed by atoms with Crippen molar-refractivity contribution >= 4 is 28.5 Å². The molecule has 0 unspecified atom stereocenters. The van der Waals surface area contributed by atoms with Crippen molar-refractivity contribution in [2.24, 2.45) is 0 Å². The van der Waals surface area contributed by atoms with Gasteiger partial charge in [0, 0.05) is 5.56 Å². The fourth-order valence-electron chi connectivity index (χ4n) is 2.19. The summed E-state index contributed by atoms with van der Waals surface area (Å²) in [6, 6.07) is 5.77. The average Bonchev–Trinajstić information content (AvgIpc) is 2.96. The van der Waals surface area contributed by atoms with Gasteiger partial charge in [0.25, 0.3) is 0 Å². The largest absolute Gasteiger partial charge is 0.495 e. The summed E-state index contributed by atoms with van der Waals surface area (Å²) in [7, 11) is -0.403. The first-order valence-electron chi connectivity index (χ1n) is 6.84. The van der Waals surface area contributed by atoms with Crippen LogP contribution in [0.15, 0.2) is 39.7 Å². The van der Waals surface area contributed by atoms with Crippen molar-refractivity contribution < 1.29 is 13.7 Å². The fraction of sp³-hybridized carbons (Fsp3) is 0.400. The Kier molecular flexibility index (Phi) is 3.51. The summed E-state index contributed by atoms with van der Waals surface area (Å²) >= 11 is 3.45. The molecule has 0 atom stereocenters. The van der Waals surface area contributed by atoms with E-state index < -0.39 is 7.12 Å². The van der Waals surface area contributed by atoms with Crippen molar-refractivity contribution in [1.29, 1.82) is 0 Å². The summed E-state index contributed by atoms with van der Waals surface area (Å²) < 4.78 is 18.0. The molecule has 2 aromatic rings. The Morgan fingerprint density at radius 2 is 1.76 bits per heavy atom. The van der Waals surface area contributed by atoms with Crippen LogP contribution in [-0.4, -0.2) is 23.3 Å². The van der Waals surface area contributed by atoms with Gasteiger partial charge in [0.05, 0.1) is 29.4 Å². The zero-order valence-electron chi connectivity index (χ0n) is 12.5. The van der Waals surface area contributed by atoms with Crippen molar-refractivity contribution in [3.63, 3.8) is 0 Å². The van der Waals surface area contributed by atoms with Crippen LogP contribution in [0.2, 0.25) is 0 Å². The Balaban J connectivity index is 1.97. The second-order valence-electron chi connectivity index (χ2n) is 6.21. The highest BCUT2D eigenvalue weighted by Gasteiger charge is 2.51. The molecule has 0 saturated carbocycles. The molecule has 1 fully saturated rings. The van der Waals surface area contributed by atoms with Gasteiger partial charge < -0.3 is 13.7 Å². The average molecular weight is 350 g/mol. The second kappa shape index (κ2) is 4.97. The predicted molar refractivity (Wildman–Crippen MR) is 85.4 cm³/mol. The van der Waals surface area contributed by atoms with E-state index >= 15 is 0 Å². The Bertz CT molecular complexity index is 639. The van der Waals surface area contributed by atoms with Crippen LogP contribution in [0.1, 0.15) is 27.7 Å². The van der Waals surface area contributed by atoms with E-state index in [-0.39, 0.29) is 11.2 Å². The zero-order chi connectivity index (χ0) is 15.3. The van der Waals surface area contributed by atoms with Crippen LogP contribution in [-0.2, 0) is 9.31 Å². The Hall–Kier alpha value is -1.11. The standard InChI is InChI=1S/C15H17BBrNO3/c1-14(2)15(3,4)21-16(20-14)11-7-12(18-13(17)8-11)10-5-6-19-9-10/h5-9H,1-4H3. The third-order valence-electron chi connectivity index (χ3n) is 4.16. The molecule has 110 valence electrons. The van der Waals surface area contributed by atoms with E-state index in [4.69, 9.17) is 13.7 Å². The molecule has 1 saturated heterocycles. The maximum absolute atomic E-state index is 6.08. The van der Waals surface area contributed by atoms with Crippen LogP contribution in [0.4, 0.5) is 0 Å². The lowest BCUT2D eigenvalue weighted by Crippen LogP contribution is -2.41. The SMILES string of the molecule is CC1(C)OB(c2cc(Br)nc(-c3ccoc3)c2)OC1(C)C. The van der Waals surface area contributed by atoms with Crippen LogP contribution in [0.3, 0.4) is 0 Å². The lowest BCUT2D eigenvalue weighted by Gasteiger charge is -2.32. The van der Waals surface area contributed by atoms with Gasteiger partial charge in [0.1, 0.15) is 4.60 Å². The second-order valence-corrected chi connectivity index (χ2v) is 7.02. The van der Waals surface area contributed by atoms with Crippen molar-refractivity contribution in [2.45, 2.75) is 38.9 Å². The number of rotatable bonds is 2. The maximum Gasteiger partial charge on any atom is 0.495 e. The first-order chi connectivity index (χ1) is 9.78. The Morgan fingerprint density at radius 1 is 1.10 bits per heavy atom. The minimum Gasteiger partial charge on any atom is -0.472 e. The molecule has 0 radical (unpaired) electrons. The quantitative estimate of drug-likeness (QED) is 0.615. The van der Waals surface area contributed by atoms with E-state index in [0.717, 1.165) is 21.3 Å². The molecule has 4 nitrogen and oxygen atoms in total. The van der Waals surface area contributed by atoms with Crippen LogP contribution in [0.25, 0.3) is 11.3 Å². The molecule has 1 aliphatic heterocycles. The van der Waals surface area contributed by atoms with E-state index in [9.17, 15) is 0 Å². The fourth-order valence-corrected chi connectivity index (χ4v) is 2.65. The summed E-state index contributed by atoms with van der Waals surface area (Å²) in [5.74, 6) is 0. The molecule has 3 heterocycles. The number of nitrogens with zero attached hydrogens (tertiary/aromatic N) is 1. The molecule has 3 rings (SSSR count). The molecule has 0 spiro atoms. The van der Waals surface area contributed by atoms with Gasteiger partial charge in [-0.3, -0.25) is 0 Å².